The summed E-state index contributed by atoms with van der Waals surface area (Å²) in [6.45, 7) is 5.91. The summed E-state index contributed by atoms with van der Waals surface area (Å²) >= 11 is 0. The summed E-state index contributed by atoms with van der Waals surface area (Å²) < 4.78 is 0. The highest BCUT2D eigenvalue weighted by molar-refractivity contribution is 5.75. The first-order valence-electron chi connectivity index (χ1n) is 9.47. The van der Waals surface area contributed by atoms with Gasteiger partial charge in [0.25, 0.3) is 0 Å². The maximum absolute atomic E-state index is 12.1. The predicted molar refractivity (Wildman–Crippen MR) is 96.0 cm³/mol. The fourth-order valence-electron chi connectivity index (χ4n) is 3.60. The smallest absolute Gasteiger partial charge is 0.315 e. The van der Waals surface area contributed by atoms with Gasteiger partial charge in [-0.1, -0.05) is 19.3 Å². The number of hydrogen-bond acceptors (Lipinski definition) is 2. The van der Waals surface area contributed by atoms with Crippen molar-refractivity contribution < 1.29 is 9.59 Å². The van der Waals surface area contributed by atoms with E-state index in [0.717, 1.165) is 38.5 Å². The molecule has 138 valence electrons. The number of carbonyl (C=O) groups excluding carboxylic acids is 2. The fraction of sp³-hybridized carbons (Fsp3) is 0.889. The SMILES string of the molecule is CC(C)(C)NC(=O)NC1CCC(NC(=O)NC2CCCCC2)CC1. The van der Waals surface area contributed by atoms with Crippen molar-refractivity contribution >= 4 is 12.1 Å². The quantitative estimate of drug-likeness (QED) is 0.638. The summed E-state index contributed by atoms with van der Waals surface area (Å²) in [4.78, 5) is 24.0. The monoisotopic (exact) mass is 338 g/mol. The molecule has 0 aromatic heterocycles. The Morgan fingerprint density at radius 2 is 1.08 bits per heavy atom. The second-order valence-corrected chi connectivity index (χ2v) is 8.35. The van der Waals surface area contributed by atoms with Gasteiger partial charge in [0.2, 0.25) is 0 Å². The van der Waals surface area contributed by atoms with Crippen molar-refractivity contribution in [3.8, 4) is 0 Å². The minimum absolute atomic E-state index is 0.0243. The van der Waals surface area contributed by atoms with Crippen molar-refractivity contribution in [1.82, 2.24) is 21.3 Å². The minimum atomic E-state index is -0.222. The lowest BCUT2D eigenvalue weighted by Gasteiger charge is -2.31. The van der Waals surface area contributed by atoms with Crippen molar-refractivity contribution in [2.24, 2.45) is 0 Å². The van der Waals surface area contributed by atoms with Gasteiger partial charge in [0.05, 0.1) is 0 Å². The van der Waals surface area contributed by atoms with Gasteiger partial charge < -0.3 is 21.3 Å². The van der Waals surface area contributed by atoms with Crippen LogP contribution in [0.5, 0.6) is 0 Å². The fourth-order valence-corrected chi connectivity index (χ4v) is 3.60. The lowest BCUT2D eigenvalue weighted by Crippen LogP contribution is -2.52. The average Bonchev–Trinajstić information content (AvgIpc) is 2.48. The number of hydrogen-bond donors (Lipinski definition) is 4. The van der Waals surface area contributed by atoms with E-state index in [1.165, 1.54) is 19.3 Å². The van der Waals surface area contributed by atoms with Crippen LogP contribution in [0, 0.1) is 0 Å². The summed E-state index contributed by atoms with van der Waals surface area (Å²) in [6.07, 6.45) is 9.59. The number of urea groups is 2. The van der Waals surface area contributed by atoms with E-state index >= 15 is 0 Å². The second-order valence-electron chi connectivity index (χ2n) is 8.35. The number of amides is 4. The van der Waals surface area contributed by atoms with Crippen LogP contribution < -0.4 is 21.3 Å². The summed E-state index contributed by atoms with van der Waals surface area (Å²) in [5.74, 6) is 0. The van der Waals surface area contributed by atoms with Gasteiger partial charge in [0, 0.05) is 23.7 Å². The molecule has 0 unspecified atom stereocenters. The van der Waals surface area contributed by atoms with E-state index in [9.17, 15) is 9.59 Å². The van der Waals surface area contributed by atoms with Crippen LogP contribution in [-0.2, 0) is 0 Å². The molecule has 0 aromatic rings. The molecule has 0 radical (unpaired) electrons. The summed E-state index contributed by atoms with van der Waals surface area (Å²) in [7, 11) is 0. The molecule has 4 amide bonds. The van der Waals surface area contributed by atoms with Crippen molar-refractivity contribution in [2.75, 3.05) is 0 Å². The van der Waals surface area contributed by atoms with Crippen LogP contribution in [0.2, 0.25) is 0 Å². The third kappa shape index (κ3) is 6.97. The van der Waals surface area contributed by atoms with E-state index in [0.29, 0.717) is 6.04 Å². The molecule has 0 bridgehead atoms. The second kappa shape index (κ2) is 8.58. The molecule has 4 N–H and O–H groups in total. The van der Waals surface area contributed by atoms with E-state index in [2.05, 4.69) is 21.3 Å². The molecular formula is C18H34N4O2. The maximum atomic E-state index is 12.1. The van der Waals surface area contributed by atoms with Crippen LogP contribution in [0.1, 0.15) is 78.6 Å². The van der Waals surface area contributed by atoms with Crippen LogP contribution in [-0.4, -0.2) is 35.7 Å². The zero-order valence-corrected chi connectivity index (χ0v) is 15.4. The van der Waals surface area contributed by atoms with Crippen LogP contribution >= 0.6 is 0 Å². The standard InChI is InChI=1S/C18H34N4O2/c1-18(2,3)22-17(24)21-15-11-9-14(10-12-15)20-16(23)19-13-7-5-4-6-8-13/h13-15H,4-12H2,1-3H3,(H2,19,20,23)(H2,21,22,24). The number of rotatable bonds is 3. The Labute approximate surface area is 145 Å². The van der Waals surface area contributed by atoms with Crippen LogP contribution in [0.15, 0.2) is 0 Å². The van der Waals surface area contributed by atoms with Crippen molar-refractivity contribution in [3.63, 3.8) is 0 Å². The zero-order chi connectivity index (χ0) is 17.6. The molecule has 2 saturated carbocycles. The van der Waals surface area contributed by atoms with Crippen LogP contribution in [0.25, 0.3) is 0 Å². The largest absolute Gasteiger partial charge is 0.335 e. The molecule has 0 saturated heterocycles. The molecular weight excluding hydrogens is 304 g/mol. The summed E-state index contributed by atoms with van der Waals surface area (Å²) in [5.41, 5.74) is -0.222. The Morgan fingerprint density at radius 1 is 0.667 bits per heavy atom. The highest BCUT2D eigenvalue weighted by atomic mass is 16.2. The first kappa shape index (κ1) is 18.9. The molecule has 2 fully saturated rings. The van der Waals surface area contributed by atoms with E-state index in [1.807, 2.05) is 20.8 Å². The van der Waals surface area contributed by atoms with Crippen molar-refractivity contribution in [1.29, 1.82) is 0 Å². The van der Waals surface area contributed by atoms with E-state index in [1.54, 1.807) is 0 Å². The Hall–Kier alpha value is -1.46. The number of carbonyl (C=O) groups is 2. The molecule has 0 atom stereocenters. The topological polar surface area (TPSA) is 82.3 Å². The van der Waals surface area contributed by atoms with Gasteiger partial charge in [-0.15, -0.1) is 0 Å². The molecule has 0 heterocycles. The van der Waals surface area contributed by atoms with Crippen molar-refractivity contribution in [2.45, 2.75) is 102 Å². The van der Waals surface area contributed by atoms with E-state index in [-0.39, 0.29) is 29.7 Å². The molecule has 24 heavy (non-hydrogen) atoms. The Bertz CT molecular complexity index is 419. The van der Waals surface area contributed by atoms with Gasteiger partial charge in [-0.05, 0) is 59.3 Å². The Kier molecular flexibility index (Phi) is 6.75. The Balaban J connectivity index is 1.63. The van der Waals surface area contributed by atoms with Gasteiger partial charge in [-0.25, -0.2) is 9.59 Å². The van der Waals surface area contributed by atoms with Gasteiger partial charge in [0.1, 0.15) is 0 Å². The predicted octanol–water partition coefficient (Wildman–Crippen LogP) is 3.03. The van der Waals surface area contributed by atoms with E-state index < -0.39 is 0 Å². The molecule has 2 aliphatic rings. The third-order valence-electron chi connectivity index (χ3n) is 4.83. The highest BCUT2D eigenvalue weighted by Gasteiger charge is 2.25. The zero-order valence-electron chi connectivity index (χ0n) is 15.4. The van der Waals surface area contributed by atoms with Gasteiger partial charge in [0.15, 0.2) is 0 Å². The summed E-state index contributed by atoms with van der Waals surface area (Å²) in [6, 6.07) is 0.639. The highest BCUT2D eigenvalue weighted by Crippen LogP contribution is 2.20. The Morgan fingerprint density at radius 3 is 1.54 bits per heavy atom. The molecule has 2 rings (SSSR count). The molecule has 0 aliphatic heterocycles. The normalized spacial score (nSPS) is 25.6. The minimum Gasteiger partial charge on any atom is -0.335 e. The summed E-state index contributed by atoms with van der Waals surface area (Å²) in [5, 5.41) is 12.2. The van der Waals surface area contributed by atoms with Gasteiger partial charge in [-0.3, -0.25) is 0 Å². The molecule has 0 spiro atoms. The van der Waals surface area contributed by atoms with Crippen LogP contribution in [0.4, 0.5) is 9.59 Å². The first-order valence-corrected chi connectivity index (χ1v) is 9.47. The first-order chi connectivity index (χ1) is 11.3. The van der Waals surface area contributed by atoms with E-state index in [4.69, 9.17) is 0 Å². The van der Waals surface area contributed by atoms with Gasteiger partial charge in [-0.2, -0.15) is 0 Å². The molecule has 6 nitrogen and oxygen atoms in total. The third-order valence-corrected chi connectivity index (χ3v) is 4.83. The average molecular weight is 338 g/mol. The van der Waals surface area contributed by atoms with Crippen molar-refractivity contribution in [3.05, 3.63) is 0 Å². The maximum Gasteiger partial charge on any atom is 0.315 e. The lowest BCUT2D eigenvalue weighted by molar-refractivity contribution is 0.213. The molecule has 2 aliphatic carbocycles. The molecule has 6 heteroatoms. The van der Waals surface area contributed by atoms with Crippen LogP contribution in [0.3, 0.4) is 0 Å². The molecule has 0 aromatic carbocycles. The van der Waals surface area contributed by atoms with Gasteiger partial charge >= 0.3 is 12.1 Å². The lowest BCUT2D eigenvalue weighted by atomic mass is 9.91. The number of nitrogens with one attached hydrogen (secondary N) is 4.